The van der Waals surface area contributed by atoms with Crippen LogP contribution in [0.1, 0.15) is 65.0 Å². The fraction of sp³-hybridized carbons (Fsp3) is 0.600. The molecular formula is C25H38N2. The minimum Gasteiger partial charge on any atom is -0.372 e. The molecule has 2 heteroatoms. The summed E-state index contributed by atoms with van der Waals surface area (Å²) < 4.78 is 0. The number of fused-ring (bicyclic) bond motifs is 2. The lowest BCUT2D eigenvalue weighted by Crippen LogP contribution is -2.42. The predicted octanol–water partition coefficient (Wildman–Crippen LogP) is 5.71. The van der Waals surface area contributed by atoms with Crippen molar-refractivity contribution in [2.45, 2.75) is 59.3 Å². The van der Waals surface area contributed by atoms with Gasteiger partial charge in [-0.05, 0) is 69.3 Å². The number of nitrogens with zero attached hydrogens (tertiary/aromatic N) is 2. The molecule has 1 fully saturated rings. The fourth-order valence-corrected chi connectivity index (χ4v) is 4.68. The number of rotatable bonds is 6. The van der Waals surface area contributed by atoms with E-state index in [-0.39, 0.29) is 5.41 Å². The SMILES string of the molecule is C=C(C1=CC2(CCN(CCC(C)(C)C)CC2)c2ccccc21)N(CC)CC. The summed E-state index contributed by atoms with van der Waals surface area (Å²) in [5.41, 5.74) is 6.14. The van der Waals surface area contributed by atoms with Crippen LogP contribution >= 0.6 is 0 Å². The van der Waals surface area contributed by atoms with Gasteiger partial charge in [0.2, 0.25) is 0 Å². The maximum Gasteiger partial charge on any atom is 0.0369 e. The van der Waals surface area contributed by atoms with Crippen molar-refractivity contribution in [3.63, 3.8) is 0 Å². The summed E-state index contributed by atoms with van der Waals surface area (Å²) in [6.07, 6.45) is 6.29. The van der Waals surface area contributed by atoms with Gasteiger partial charge in [-0.1, -0.05) is 57.7 Å². The predicted molar refractivity (Wildman–Crippen MR) is 118 cm³/mol. The summed E-state index contributed by atoms with van der Waals surface area (Å²) >= 11 is 0. The number of benzene rings is 1. The standard InChI is InChI=1S/C25H38N2/c1-7-27(8-2)20(3)22-19-25(23-12-10-9-11-21(22)23)14-17-26(18-15-25)16-13-24(4,5)6/h9-12,19H,3,7-8,13-18H2,1-2,4-6H3. The Kier molecular flexibility index (Phi) is 5.86. The molecule has 1 aromatic carbocycles. The molecule has 0 N–H and O–H groups in total. The van der Waals surface area contributed by atoms with E-state index < -0.39 is 0 Å². The van der Waals surface area contributed by atoms with Crippen molar-refractivity contribution in [3.05, 3.63) is 53.7 Å². The third-order valence-corrected chi connectivity index (χ3v) is 6.56. The molecule has 1 aromatic rings. The third-order valence-electron chi connectivity index (χ3n) is 6.56. The number of piperidine rings is 1. The van der Waals surface area contributed by atoms with Crippen LogP contribution in [0.25, 0.3) is 5.57 Å². The monoisotopic (exact) mass is 366 g/mol. The maximum atomic E-state index is 4.47. The second-order valence-electron chi connectivity index (χ2n) is 9.53. The molecule has 0 aromatic heterocycles. The van der Waals surface area contributed by atoms with Gasteiger partial charge in [0.05, 0.1) is 0 Å². The van der Waals surface area contributed by atoms with Crippen molar-refractivity contribution in [3.8, 4) is 0 Å². The maximum absolute atomic E-state index is 4.47. The molecule has 1 spiro atoms. The molecule has 148 valence electrons. The normalized spacial score (nSPS) is 19.1. The molecule has 0 saturated carbocycles. The van der Waals surface area contributed by atoms with E-state index in [0.717, 1.165) is 13.1 Å². The third kappa shape index (κ3) is 4.16. The largest absolute Gasteiger partial charge is 0.372 e. The highest BCUT2D eigenvalue weighted by Crippen LogP contribution is 2.49. The Morgan fingerprint density at radius 3 is 2.33 bits per heavy atom. The fourth-order valence-electron chi connectivity index (χ4n) is 4.68. The lowest BCUT2D eigenvalue weighted by Gasteiger charge is -2.40. The Balaban J connectivity index is 1.81. The summed E-state index contributed by atoms with van der Waals surface area (Å²) in [6, 6.07) is 9.05. The van der Waals surface area contributed by atoms with Crippen LogP contribution in [0.15, 0.2) is 42.6 Å². The Bertz CT molecular complexity index is 695. The number of likely N-dealkylation sites (tertiary alicyclic amines) is 1. The van der Waals surface area contributed by atoms with Crippen LogP contribution in [0, 0.1) is 5.41 Å². The lowest BCUT2D eigenvalue weighted by molar-refractivity contribution is 0.163. The summed E-state index contributed by atoms with van der Waals surface area (Å²) in [7, 11) is 0. The highest BCUT2D eigenvalue weighted by atomic mass is 15.1. The van der Waals surface area contributed by atoms with Gasteiger partial charge in [-0.15, -0.1) is 0 Å². The van der Waals surface area contributed by atoms with Crippen molar-refractivity contribution in [1.29, 1.82) is 0 Å². The molecule has 0 amide bonds. The van der Waals surface area contributed by atoms with E-state index in [9.17, 15) is 0 Å². The van der Waals surface area contributed by atoms with Crippen LogP contribution < -0.4 is 0 Å². The van der Waals surface area contributed by atoms with E-state index >= 15 is 0 Å². The number of hydrogen-bond acceptors (Lipinski definition) is 2. The molecule has 2 nitrogen and oxygen atoms in total. The number of likely N-dealkylation sites (N-methyl/N-ethyl adjacent to an activating group) is 1. The van der Waals surface area contributed by atoms with Gasteiger partial charge in [-0.3, -0.25) is 0 Å². The molecule has 1 saturated heterocycles. The molecule has 1 aliphatic carbocycles. The van der Waals surface area contributed by atoms with Crippen molar-refractivity contribution in [1.82, 2.24) is 9.80 Å². The van der Waals surface area contributed by atoms with E-state index in [1.165, 1.54) is 61.3 Å². The van der Waals surface area contributed by atoms with Gasteiger partial charge in [0.15, 0.2) is 0 Å². The van der Waals surface area contributed by atoms with Crippen LogP contribution in [0.2, 0.25) is 0 Å². The Morgan fingerprint density at radius 2 is 1.74 bits per heavy atom. The Hall–Kier alpha value is -1.54. The first kappa shape index (κ1) is 20.2. The zero-order valence-corrected chi connectivity index (χ0v) is 18.1. The van der Waals surface area contributed by atoms with Crippen molar-refractivity contribution in [2.75, 3.05) is 32.7 Å². The van der Waals surface area contributed by atoms with E-state index in [1.807, 2.05) is 0 Å². The molecule has 1 heterocycles. The zero-order valence-electron chi connectivity index (χ0n) is 18.1. The van der Waals surface area contributed by atoms with Crippen molar-refractivity contribution in [2.24, 2.45) is 5.41 Å². The van der Waals surface area contributed by atoms with Crippen LogP contribution in [0.5, 0.6) is 0 Å². The van der Waals surface area contributed by atoms with E-state index in [2.05, 4.69) is 81.3 Å². The summed E-state index contributed by atoms with van der Waals surface area (Å²) in [5.74, 6) is 0. The summed E-state index contributed by atoms with van der Waals surface area (Å²) in [6.45, 7) is 21.6. The first-order chi connectivity index (χ1) is 12.8. The molecule has 27 heavy (non-hydrogen) atoms. The highest BCUT2D eigenvalue weighted by Gasteiger charge is 2.41. The summed E-state index contributed by atoms with van der Waals surface area (Å²) in [4.78, 5) is 5.06. The van der Waals surface area contributed by atoms with Gasteiger partial charge in [-0.2, -0.15) is 0 Å². The quantitative estimate of drug-likeness (QED) is 0.636. The van der Waals surface area contributed by atoms with Crippen LogP contribution in [0.4, 0.5) is 0 Å². The molecule has 0 unspecified atom stereocenters. The topological polar surface area (TPSA) is 6.48 Å². The first-order valence-electron chi connectivity index (χ1n) is 10.8. The van der Waals surface area contributed by atoms with E-state index in [0.29, 0.717) is 5.41 Å². The van der Waals surface area contributed by atoms with Gasteiger partial charge in [0.25, 0.3) is 0 Å². The molecule has 1 aliphatic heterocycles. The van der Waals surface area contributed by atoms with Gasteiger partial charge in [0.1, 0.15) is 0 Å². The second kappa shape index (κ2) is 7.83. The number of allylic oxidation sites excluding steroid dienone is 2. The van der Waals surface area contributed by atoms with Crippen molar-refractivity contribution >= 4 is 5.57 Å². The average Bonchev–Trinajstić information content (AvgIpc) is 2.96. The minimum atomic E-state index is 0.209. The van der Waals surface area contributed by atoms with Crippen molar-refractivity contribution < 1.29 is 0 Å². The minimum absolute atomic E-state index is 0.209. The van der Waals surface area contributed by atoms with Gasteiger partial charge < -0.3 is 9.80 Å². The smallest absolute Gasteiger partial charge is 0.0369 e. The van der Waals surface area contributed by atoms with E-state index in [1.54, 1.807) is 0 Å². The Labute approximate surface area is 166 Å². The lowest BCUT2D eigenvalue weighted by atomic mass is 9.74. The molecule has 0 bridgehead atoms. The second-order valence-corrected chi connectivity index (χ2v) is 9.53. The van der Waals surface area contributed by atoms with Crippen LogP contribution in [0.3, 0.4) is 0 Å². The average molecular weight is 367 g/mol. The highest BCUT2D eigenvalue weighted by molar-refractivity contribution is 5.85. The molecule has 3 rings (SSSR count). The Morgan fingerprint density at radius 1 is 1.11 bits per heavy atom. The summed E-state index contributed by atoms with van der Waals surface area (Å²) in [5, 5.41) is 0. The van der Waals surface area contributed by atoms with Gasteiger partial charge in [-0.25, -0.2) is 0 Å². The molecular weight excluding hydrogens is 328 g/mol. The van der Waals surface area contributed by atoms with Gasteiger partial charge in [0, 0.05) is 29.8 Å². The van der Waals surface area contributed by atoms with Gasteiger partial charge >= 0.3 is 0 Å². The van der Waals surface area contributed by atoms with Crippen LogP contribution in [-0.2, 0) is 5.41 Å². The van der Waals surface area contributed by atoms with E-state index in [4.69, 9.17) is 0 Å². The number of hydrogen-bond donors (Lipinski definition) is 0. The molecule has 2 aliphatic rings. The van der Waals surface area contributed by atoms with Crippen LogP contribution in [-0.4, -0.2) is 42.5 Å². The molecule has 0 atom stereocenters. The molecule has 0 radical (unpaired) electrons. The first-order valence-corrected chi connectivity index (χ1v) is 10.8. The zero-order chi connectivity index (χ0) is 19.7.